The van der Waals surface area contributed by atoms with Gasteiger partial charge >= 0.3 is 11.9 Å². The third-order valence-corrected chi connectivity index (χ3v) is 6.40. The Morgan fingerprint density at radius 3 is 2.27 bits per heavy atom. The lowest BCUT2D eigenvalue weighted by atomic mass is 9.79. The van der Waals surface area contributed by atoms with Crippen LogP contribution in [0, 0.1) is 5.21 Å². The highest BCUT2D eigenvalue weighted by atomic mass is 16.6. The van der Waals surface area contributed by atoms with Gasteiger partial charge in [0.1, 0.15) is 11.2 Å². The van der Waals surface area contributed by atoms with Crippen LogP contribution in [0.5, 0.6) is 0 Å². The summed E-state index contributed by atoms with van der Waals surface area (Å²) < 4.78 is 6.14. The zero-order valence-electron chi connectivity index (χ0n) is 17.9. The molecule has 1 aromatic heterocycles. The van der Waals surface area contributed by atoms with Crippen molar-refractivity contribution in [3.05, 3.63) is 100 Å². The normalized spacial score (nSPS) is 16.2. The maximum absolute atomic E-state index is 13.0. The summed E-state index contributed by atoms with van der Waals surface area (Å²) in [6.45, 7) is 0. The zero-order valence-corrected chi connectivity index (χ0v) is 17.9. The van der Waals surface area contributed by atoms with E-state index in [9.17, 15) is 19.6 Å². The molecule has 5 rings (SSSR count). The van der Waals surface area contributed by atoms with Gasteiger partial charge in [-0.25, -0.2) is 4.79 Å². The van der Waals surface area contributed by atoms with Crippen molar-refractivity contribution in [1.29, 1.82) is 0 Å². The van der Waals surface area contributed by atoms with Crippen molar-refractivity contribution in [2.24, 2.45) is 0 Å². The smallest absolute Gasteiger partial charge is 0.346 e. The van der Waals surface area contributed by atoms with Gasteiger partial charge in [-0.15, -0.1) is 0 Å². The molecule has 0 bridgehead atoms. The Hall–Kier alpha value is -4.00. The first-order chi connectivity index (χ1) is 16.0. The van der Waals surface area contributed by atoms with Crippen LogP contribution < -0.4 is 10.0 Å². The maximum Gasteiger partial charge on any atom is 0.346 e. The van der Waals surface area contributed by atoms with Gasteiger partial charge in [-0.2, -0.15) is 4.73 Å². The number of hydrogen-bond donors (Lipinski definition) is 1. The molecular weight excluding hydrogens is 420 g/mol. The molecule has 2 aromatic carbocycles. The molecule has 0 saturated heterocycles. The molecule has 1 aliphatic heterocycles. The fourth-order valence-corrected chi connectivity index (χ4v) is 4.77. The first-order valence-corrected chi connectivity index (χ1v) is 11.0. The minimum absolute atomic E-state index is 0.0442. The highest BCUT2D eigenvalue weighted by Gasteiger charge is 2.50. The summed E-state index contributed by atoms with van der Waals surface area (Å²) in [6, 6.07) is 16.9. The molecule has 33 heavy (non-hydrogen) atoms. The van der Waals surface area contributed by atoms with E-state index < -0.39 is 17.5 Å². The maximum atomic E-state index is 13.0. The van der Waals surface area contributed by atoms with Crippen LogP contribution in [0.4, 0.5) is 5.69 Å². The van der Waals surface area contributed by atoms with Gasteiger partial charge < -0.3 is 15.3 Å². The van der Waals surface area contributed by atoms with Crippen molar-refractivity contribution in [1.82, 2.24) is 0 Å². The van der Waals surface area contributed by atoms with Gasteiger partial charge in [-0.05, 0) is 49.9 Å². The molecule has 1 saturated carbocycles. The summed E-state index contributed by atoms with van der Waals surface area (Å²) in [5.41, 5.74) is 1.09. The fourth-order valence-electron chi connectivity index (χ4n) is 4.77. The van der Waals surface area contributed by atoms with Crippen LogP contribution in [-0.4, -0.2) is 17.7 Å². The van der Waals surface area contributed by atoms with Crippen molar-refractivity contribution in [3.8, 4) is 0 Å². The van der Waals surface area contributed by atoms with E-state index in [-0.39, 0.29) is 17.0 Å². The fraction of sp³-hybridized carbons (Fsp3) is 0.231. The zero-order chi connectivity index (χ0) is 23.0. The lowest BCUT2D eigenvalue weighted by Crippen LogP contribution is -2.39. The third-order valence-electron chi connectivity index (χ3n) is 6.40. The van der Waals surface area contributed by atoms with Crippen LogP contribution >= 0.6 is 0 Å². The number of nitrogens with one attached hydrogen (secondary N) is 1. The molecule has 7 heteroatoms. The Morgan fingerprint density at radius 2 is 1.58 bits per heavy atom. The van der Waals surface area contributed by atoms with Crippen molar-refractivity contribution in [3.63, 3.8) is 0 Å². The summed E-state index contributed by atoms with van der Waals surface area (Å²) >= 11 is 0. The van der Waals surface area contributed by atoms with Gasteiger partial charge in [0, 0.05) is 28.4 Å². The molecule has 3 aromatic rings. The average molecular weight is 442 g/mol. The van der Waals surface area contributed by atoms with Crippen molar-refractivity contribution in [2.75, 3.05) is 5.32 Å². The Labute approximate surface area is 190 Å². The van der Waals surface area contributed by atoms with E-state index in [1.165, 1.54) is 6.20 Å². The van der Waals surface area contributed by atoms with Gasteiger partial charge in [-0.1, -0.05) is 36.8 Å². The van der Waals surface area contributed by atoms with Gasteiger partial charge in [0.05, 0.1) is 0 Å². The van der Waals surface area contributed by atoms with E-state index in [0.717, 1.165) is 19.3 Å². The third kappa shape index (κ3) is 3.65. The predicted octanol–water partition coefficient (Wildman–Crippen LogP) is 4.13. The van der Waals surface area contributed by atoms with Gasteiger partial charge in [0.15, 0.2) is 12.0 Å². The van der Waals surface area contributed by atoms with Crippen LogP contribution in [0.1, 0.15) is 74.4 Å². The van der Waals surface area contributed by atoms with Crippen LogP contribution in [0.2, 0.25) is 0 Å². The predicted molar refractivity (Wildman–Crippen MR) is 120 cm³/mol. The largest absolute Gasteiger partial charge is 0.618 e. The molecule has 1 spiro atoms. The first kappa shape index (κ1) is 20.9. The number of nitrogens with zero attached hydrogens (tertiary/aromatic N) is 1. The number of hydrogen-bond acceptors (Lipinski definition) is 5. The molecule has 1 N–H and O–H groups in total. The van der Waals surface area contributed by atoms with E-state index in [1.807, 2.05) is 6.07 Å². The van der Waals surface area contributed by atoms with Crippen LogP contribution in [-0.2, 0) is 10.3 Å². The second-order valence-corrected chi connectivity index (χ2v) is 8.45. The highest BCUT2D eigenvalue weighted by molar-refractivity contribution is 6.11. The highest BCUT2D eigenvalue weighted by Crippen LogP contribution is 2.47. The molecular formula is C26H22N2O5. The average Bonchev–Trinajstić information content (AvgIpc) is 3.10. The van der Waals surface area contributed by atoms with Crippen LogP contribution in [0.3, 0.4) is 0 Å². The number of pyridine rings is 1. The monoisotopic (exact) mass is 442 g/mol. The second-order valence-electron chi connectivity index (χ2n) is 8.45. The van der Waals surface area contributed by atoms with E-state index in [0.29, 0.717) is 39.9 Å². The van der Waals surface area contributed by atoms with Crippen molar-refractivity contribution in [2.45, 2.75) is 37.7 Å². The number of carbonyl (C=O) groups excluding carboxylic acids is 3. The number of amides is 1. The van der Waals surface area contributed by atoms with Crippen molar-refractivity contribution >= 4 is 23.3 Å². The van der Waals surface area contributed by atoms with Gasteiger partial charge in [0.2, 0.25) is 0 Å². The topological polar surface area (TPSA) is 99.4 Å². The second kappa shape index (κ2) is 8.16. The van der Waals surface area contributed by atoms with E-state index >= 15 is 0 Å². The summed E-state index contributed by atoms with van der Waals surface area (Å²) in [4.78, 5) is 38.4. The molecule has 0 unspecified atom stereocenters. The van der Waals surface area contributed by atoms with E-state index in [1.54, 1.807) is 54.6 Å². The molecule has 1 fully saturated rings. The number of anilines is 1. The summed E-state index contributed by atoms with van der Waals surface area (Å²) in [6.07, 6.45) is 5.55. The molecule has 1 aliphatic carbocycles. The minimum atomic E-state index is -0.743. The Bertz CT molecular complexity index is 1250. The summed E-state index contributed by atoms with van der Waals surface area (Å²) in [5.74, 6) is -1.47. The molecule has 0 atom stereocenters. The summed E-state index contributed by atoms with van der Waals surface area (Å²) in [7, 11) is 0. The van der Waals surface area contributed by atoms with Gasteiger partial charge in [-0.3, -0.25) is 9.59 Å². The summed E-state index contributed by atoms with van der Waals surface area (Å²) in [5, 5.41) is 15.2. The van der Waals surface area contributed by atoms with E-state index in [4.69, 9.17) is 4.74 Å². The lowest BCUT2D eigenvalue weighted by molar-refractivity contribution is -0.607. The first-order valence-electron chi connectivity index (χ1n) is 11.0. The number of carbonyl (C=O) groups is 3. The van der Waals surface area contributed by atoms with Crippen LogP contribution in [0.15, 0.2) is 66.9 Å². The number of ether oxygens (including phenoxy) is 1. The Kier molecular flexibility index (Phi) is 5.17. The Morgan fingerprint density at radius 1 is 0.909 bits per heavy atom. The SMILES string of the molecule is O=C(c1ccccc1)c1ccc(NC(=O)c2c3c(cc[n+]2[O-])C2(CCCCC2)OC3=O)cc1. The molecule has 2 aliphatic rings. The van der Waals surface area contributed by atoms with E-state index in [2.05, 4.69) is 5.32 Å². The van der Waals surface area contributed by atoms with Crippen molar-refractivity contribution < 1.29 is 23.9 Å². The molecule has 2 heterocycles. The number of fused-ring (bicyclic) bond motifs is 2. The number of rotatable bonds is 4. The molecule has 1 amide bonds. The quantitative estimate of drug-likeness (QED) is 0.283. The molecule has 7 nitrogen and oxygen atoms in total. The molecule has 0 radical (unpaired) electrons. The number of ketones is 1. The Balaban J connectivity index is 1.41. The standard InChI is InChI=1S/C26H22N2O5/c29-23(17-7-3-1-4-8-17)18-9-11-19(12-10-18)27-24(30)22-21-20(13-16-28(22)32)26(33-25(21)31)14-5-2-6-15-26/h1,3-4,7-13,16H,2,5-6,14-15H2,(H,27,30). The molecule has 166 valence electrons. The number of benzene rings is 2. The lowest BCUT2D eigenvalue weighted by Gasteiger charge is -2.32. The number of aromatic nitrogens is 1. The number of esters is 1. The minimum Gasteiger partial charge on any atom is -0.618 e. The van der Waals surface area contributed by atoms with Gasteiger partial charge in [0.25, 0.3) is 5.69 Å². The van der Waals surface area contributed by atoms with Crippen LogP contribution in [0.25, 0.3) is 0 Å².